The number of nitrogens with one attached hydrogen (secondary N) is 1. The van der Waals surface area contributed by atoms with Gasteiger partial charge in [0.15, 0.2) is 5.69 Å². The number of amides is 1. The number of halogens is 2. The first kappa shape index (κ1) is 15.0. The molecule has 1 heterocycles. The minimum absolute atomic E-state index is 0.0498. The first-order valence-electron chi connectivity index (χ1n) is 5.95. The van der Waals surface area contributed by atoms with E-state index in [1.807, 2.05) is 0 Å². The molecule has 21 heavy (non-hydrogen) atoms. The van der Waals surface area contributed by atoms with Crippen molar-refractivity contribution in [1.29, 1.82) is 0 Å². The molecule has 0 fully saturated rings. The number of carboxylic acids is 1. The summed E-state index contributed by atoms with van der Waals surface area (Å²) in [7, 11) is 0. The maximum Gasteiger partial charge on any atom is 0.356 e. The fraction of sp³-hybridized carbons (Fsp3) is 0.154. The zero-order chi connectivity index (χ0) is 15.4. The molecule has 0 aliphatic heterocycles. The van der Waals surface area contributed by atoms with Gasteiger partial charge in [0.2, 0.25) is 0 Å². The van der Waals surface area contributed by atoms with E-state index in [1.165, 1.54) is 29.2 Å². The number of hydrogen-bond donors (Lipinski definition) is 2. The molecule has 1 amide bonds. The molecule has 0 unspecified atom stereocenters. The van der Waals surface area contributed by atoms with Crippen LogP contribution in [0.15, 0.2) is 30.7 Å². The topological polar surface area (TPSA) is 84.2 Å². The standard InChI is InChI=1S/C13H11ClFN3O3/c14-9-2-1-8(5-10(9)15)12(19)16-3-4-18-6-11(13(20)21)17-7-18/h1-2,5-7H,3-4H2,(H,16,19)(H,20,21). The minimum atomic E-state index is -1.12. The number of aromatic nitrogens is 2. The van der Waals surface area contributed by atoms with E-state index in [1.54, 1.807) is 0 Å². The third-order valence-electron chi connectivity index (χ3n) is 2.69. The first-order valence-corrected chi connectivity index (χ1v) is 6.33. The number of hydrogen-bond acceptors (Lipinski definition) is 3. The van der Waals surface area contributed by atoms with Crippen LogP contribution in [0, 0.1) is 5.82 Å². The van der Waals surface area contributed by atoms with Gasteiger partial charge in [0.05, 0.1) is 11.3 Å². The van der Waals surface area contributed by atoms with Crippen molar-refractivity contribution in [3.8, 4) is 0 Å². The number of nitrogens with zero attached hydrogens (tertiary/aromatic N) is 2. The third kappa shape index (κ3) is 3.79. The van der Waals surface area contributed by atoms with Crippen LogP contribution in [0.5, 0.6) is 0 Å². The van der Waals surface area contributed by atoms with E-state index in [-0.39, 0.29) is 22.8 Å². The van der Waals surface area contributed by atoms with E-state index >= 15 is 0 Å². The molecule has 0 aliphatic rings. The van der Waals surface area contributed by atoms with E-state index in [2.05, 4.69) is 10.3 Å². The quantitative estimate of drug-likeness (QED) is 0.882. The summed E-state index contributed by atoms with van der Waals surface area (Å²) >= 11 is 5.53. The van der Waals surface area contributed by atoms with Crippen LogP contribution in [0.4, 0.5) is 4.39 Å². The Morgan fingerprint density at radius 2 is 2.19 bits per heavy atom. The highest BCUT2D eigenvalue weighted by Crippen LogP contribution is 2.15. The molecule has 2 aromatic rings. The minimum Gasteiger partial charge on any atom is -0.476 e. The number of carbonyl (C=O) groups excluding carboxylic acids is 1. The molecular weight excluding hydrogens is 301 g/mol. The Balaban J connectivity index is 1.88. The van der Waals surface area contributed by atoms with Crippen LogP contribution in [-0.2, 0) is 6.54 Å². The maximum atomic E-state index is 13.2. The molecule has 0 aliphatic carbocycles. The van der Waals surface area contributed by atoms with E-state index in [9.17, 15) is 14.0 Å². The summed E-state index contributed by atoms with van der Waals surface area (Å²) in [5, 5.41) is 11.3. The molecule has 0 atom stereocenters. The highest BCUT2D eigenvalue weighted by Gasteiger charge is 2.09. The second-order valence-electron chi connectivity index (χ2n) is 4.19. The smallest absolute Gasteiger partial charge is 0.356 e. The average molecular weight is 312 g/mol. The van der Waals surface area contributed by atoms with E-state index in [0.717, 1.165) is 6.07 Å². The van der Waals surface area contributed by atoms with Crippen molar-refractivity contribution in [3.05, 3.63) is 52.8 Å². The summed E-state index contributed by atoms with van der Waals surface area (Å²) in [5.74, 6) is -2.22. The molecule has 0 bridgehead atoms. The van der Waals surface area contributed by atoms with Crippen molar-refractivity contribution in [3.63, 3.8) is 0 Å². The van der Waals surface area contributed by atoms with Crippen molar-refractivity contribution in [2.45, 2.75) is 6.54 Å². The lowest BCUT2D eigenvalue weighted by molar-refractivity contribution is 0.0690. The molecular formula is C13H11ClFN3O3. The van der Waals surface area contributed by atoms with Gasteiger partial charge in [-0.05, 0) is 18.2 Å². The third-order valence-corrected chi connectivity index (χ3v) is 3.00. The van der Waals surface area contributed by atoms with Gasteiger partial charge in [-0.15, -0.1) is 0 Å². The Bertz CT molecular complexity index is 687. The highest BCUT2D eigenvalue weighted by atomic mass is 35.5. The fourth-order valence-corrected chi connectivity index (χ4v) is 1.75. The van der Waals surface area contributed by atoms with Crippen LogP contribution in [0.25, 0.3) is 0 Å². The van der Waals surface area contributed by atoms with E-state index < -0.39 is 17.7 Å². The normalized spacial score (nSPS) is 10.4. The van der Waals surface area contributed by atoms with Crippen molar-refractivity contribution >= 4 is 23.5 Å². The maximum absolute atomic E-state index is 13.2. The fourth-order valence-electron chi connectivity index (χ4n) is 1.63. The molecule has 1 aromatic carbocycles. The van der Waals surface area contributed by atoms with Crippen LogP contribution in [0.1, 0.15) is 20.8 Å². The zero-order valence-electron chi connectivity index (χ0n) is 10.7. The molecule has 1 aromatic heterocycles. The molecule has 8 heteroatoms. The first-order chi connectivity index (χ1) is 9.97. The van der Waals surface area contributed by atoms with Crippen molar-refractivity contribution < 1.29 is 19.1 Å². The Morgan fingerprint density at radius 1 is 1.43 bits per heavy atom. The van der Waals surface area contributed by atoms with Crippen molar-refractivity contribution in [2.24, 2.45) is 0 Å². The van der Waals surface area contributed by atoms with E-state index in [4.69, 9.17) is 16.7 Å². The van der Waals surface area contributed by atoms with Crippen LogP contribution < -0.4 is 5.32 Å². The van der Waals surface area contributed by atoms with Gasteiger partial charge < -0.3 is 15.0 Å². The van der Waals surface area contributed by atoms with Crippen molar-refractivity contribution in [1.82, 2.24) is 14.9 Å². The van der Waals surface area contributed by atoms with Gasteiger partial charge in [-0.2, -0.15) is 0 Å². The summed E-state index contributed by atoms with van der Waals surface area (Å²) < 4.78 is 14.8. The lowest BCUT2D eigenvalue weighted by atomic mass is 10.2. The molecule has 0 saturated carbocycles. The second kappa shape index (κ2) is 6.36. The van der Waals surface area contributed by atoms with E-state index in [0.29, 0.717) is 6.54 Å². The SMILES string of the molecule is O=C(NCCn1cnc(C(=O)O)c1)c1ccc(Cl)c(F)c1. The van der Waals surface area contributed by atoms with Crippen LogP contribution in [0.2, 0.25) is 5.02 Å². The molecule has 6 nitrogen and oxygen atoms in total. The number of carboxylic acid groups (broad SMARTS) is 1. The van der Waals surface area contributed by atoms with Gasteiger partial charge in [0.25, 0.3) is 5.91 Å². The number of benzene rings is 1. The monoisotopic (exact) mass is 311 g/mol. The van der Waals surface area contributed by atoms with Gasteiger partial charge in [0.1, 0.15) is 5.82 Å². The van der Waals surface area contributed by atoms with Crippen molar-refractivity contribution in [2.75, 3.05) is 6.54 Å². The summed E-state index contributed by atoms with van der Waals surface area (Å²) in [6.07, 6.45) is 2.72. The van der Waals surface area contributed by atoms with Gasteiger partial charge >= 0.3 is 5.97 Å². The van der Waals surface area contributed by atoms with Gasteiger partial charge in [-0.1, -0.05) is 11.6 Å². The molecule has 2 N–H and O–H groups in total. The Kier molecular flexibility index (Phi) is 4.54. The van der Waals surface area contributed by atoms with Crippen LogP contribution >= 0.6 is 11.6 Å². The molecule has 0 saturated heterocycles. The average Bonchev–Trinajstić information content (AvgIpc) is 2.91. The lowest BCUT2D eigenvalue weighted by Crippen LogP contribution is -2.27. The summed E-state index contributed by atoms with van der Waals surface area (Å²) in [6, 6.07) is 3.78. The Morgan fingerprint density at radius 3 is 2.81 bits per heavy atom. The summed E-state index contributed by atoms with van der Waals surface area (Å²) in [4.78, 5) is 26.1. The molecule has 0 radical (unpaired) electrons. The molecule has 0 spiro atoms. The Hall–Kier alpha value is -2.41. The molecule has 110 valence electrons. The van der Waals surface area contributed by atoms with Gasteiger partial charge in [0, 0.05) is 24.8 Å². The number of carbonyl (C=O) groups is 2. The Labute approximate surface area is 124 Å². The highest BCUT2D eigenvalue weighted by molar-refractivity contribution is 6.30. The largest absolute Gasteiger partial charge is 0.476 e. The lowest BCUT2D eigenvalue weighted by Gasteiger charge is -2.06. The summed E-state index contributed by atoms with van der Waals surface area (Å²) in [6.45, 7) is 0.598. The van der Waals surface area contributed by atoms with Crippen LogP contribution in [-0.4, -0.2) is 33.1 Å². The predicted octanol–water partition coefficient (Wildman–Crippen LogP) is 1.80. The predicted molar refractivity (Wildman–Crippen MR) is 72.9 cm³/mol. The van der Waals surface area contributed by atoms with Gasteiger partial charge in [-0.3, -0.25) is 4.79 Å². The second-order valence-corrected chi connectivity index (χ2v) is 4.59. The summed E-state index contributed by atoms with van der Waals surface area (Å²) in [5.41, 5.74) is 0.0925. The van der Waals surface area contributed by atoms with Crippen LogP contribution in [0.3, 0.4) is 0 Å². The van der Waals surface area contributed by atoms with Gasteiger partial charge in [-0.25, -0.2) is 14.2 Å². The number of aromatic carboxylic acids is 1. The number of rotatable bonds is 5. The zero-order valence-corrected chi connectivity index (χ0v) is 11.5. The number of imidazole rings is 1. The molecule has 2 rings (SSSR count).